The molecule has 23 heavy (non-hydrogen) atoms. The first-order valence-corrected chi connectivity index (χ1v) is 7.39. The Balaban J connectivity index is 2.72. The molecule has 8 nitrogen and oxygen atoms in total. The number of nitrogens with zero attached hydrogens (tertiary/aromatic N) is 2. The molecule has 0 bridgehead atoms. The molecule has 1 aliphatic heterocycles. The molecule has 1 heterocycles. The molecule has 1 saturated heterocycles. The fraction of sp³-hybridized carbons (Fsp3) is 0.600. The Labute approximate surface area is 134 Å². The molecule has 0 aromatic rings. The van der Waals surface area contributed by atoms with Crippen molar-refractivity contribution in [1.82, 2.24) is 10.2 Å². The van der Waals surface area contributed by atoms with E-state index in [1.807, 2.05) is 0 Å². The molecule has 0 aromatic heterocycles. The Kier molecular flexibility index (Phi) is 6.57. The summed E-state index contributed by atoms with van der Waals surface area (Å²) in [6.45, 7) is 3.96. The van der Waals surface area contributed by atoms with Crippen molar-refractivity contribution in [3.05, 3.63) is 11.8 Å². The van der Waals surface area contributed by atoms with E-state index in [0.717, 1.165) is 6.20 Å². The monoisotopic (exact) mass is 323 g/mol. The number of amides is 1. The van der Waals surface area contributed by atoms with Gasteiger partial charge in [0, 0.05) is 19.3 Å². The van der Waals surface area contributed by atoms with Crippen LogP contribution in [0, 0.1) is 23.2 Å². The zero-order valence-corrected chi connectivity index (χ0v) is 13.2. The first-order chi connectivity index (χ1) is 10.8. The number of rotatable bonds is 6. The molecule has 1 rings (SSSR count). The van der Waals surface area contributed by atoms with Gasteiger partial charge in [-0.15, -0.1) is 0 Å². The lowest BCUT2D eigenvalue weighted by atomic mass is 9.97. The van der Waals surface area contributed by atoms with E-state index in [2.05, 4.69) is 5.32 Å². The molecule has 0 saturated carbocycles. The molecule has 1 aliphatic rings. The van der Waals surface area contributed by atoms with Crippen LogP contribution < -0.4 is 5.32 Å². The number of hydrogen-bond acceptors (Lipinski definition) is 5. The maximum Gasteiger partial charge on any atom is 0.326 e. The van der Waals surface area contributed by atoms with Crippen LogP contribution in [0.25, 0.3) is 0 Å². The van der Waals surface area contributed by atoms with Crippen molar-refractivity contribution < 1.29 is 24.6 Å². The average Bonchev–Trinajstić information content (AvgIpc) is 2.50. The maximum atomic E-state index is 12.3. The second-order valence-corrected chi connectivity index (χ2v) is 5.80. The van der Waals surface area contributed by atoms with E-state index in [1.165, 1.54) is 4.90 Å². The standard InChI is InChI=1S/C15H21N3O5/c1-9(2)12(15(22)23)17-8-11(7-16)13(19)18-5-3-10(4-6-18)14(20)21/h8-10,12,17H,3-6H2,1-2H3,(H,20,21)(H,22,23)/b11-8-. The number of hydrogen-bond donors (Lipinski definition) is 3. The molecule has 1 amide bonds. The fourth-order valence-corrected chi connectivity index (χ4v) is 2.36. The normalized spacial score (nSPS) is 17.5. The largest absolute Gasteiger partial charge is 0.481 e. The second-order valence-electron chi connectivity index (χ2n) is 5.80. The molecule has 0 spiro atoms. The minimum absolute atomic E-state index is 0.189. The zero-order valence-electron chi connectivity index (χ0n) is 13.2. The van der Waals surface area contributed by atoms with Crippen LogP contribution in [0.5, 0.6) is 0 Å². The van der Waals surface area contributed by atoms with E-state index in [-0.39, 0.29) is 24.6 Å². The molecule has 1 unspecified atom stereocenters. The van der Waals surface area contributed by atoms with E-state index < -0.39 is 29.8 Å². The van der Waals surface area contributed by atoms with Gasteiger partial charge in [-0.05, 0) is 18.8 Å². The summed E-state index contributed by atoms with van der Waals surface area (Å²) in [6, 6.07) is 0.865. The van der Waals surface area contributed by atoms with Crippen LogP contribution in [-0.4, -0.2) is 52.1 Å². The summed E-state index contributed by atoms with van der Waals surface area (Å²) in [7, 11) is 0. The Morgan fingerprint density at radius 2 is 1.83 bits per heavy atom. The zero-order chi connectivity index (χ0) is 17.6. The van der Waals surface area contributed by atoms with Gasteiger partial charge in [0.2, 0.25) is 0 Å². The summed E-state index contributed by atoms with van der Waals surface area (Å²) >= 11 is 0. The number of carboxylic acid groups (broad SMARTS) is 2. The van der Waals surface area contributed by atoms with Gasteiger partial charge < -0.3 is 20.4 Å². The lowest BCUT2D eigenvalue weighted by molar-refractivity contribution is -0.145. The van der Waals surface area contributed by atoms with Gasteiger partial charge in [0.1, 0.15) is 17.7 Å². The van der Waals surface area contributed by atoms with Crippen molar-refractivity contribution in [3.63, 3.8) is 0 Å². The lowest BCUT2D eigenvalue weighted by Crippen LogP contribution is -2.42. The number of carbonyl (C=O) groups is 3. The first-order valence-electron chi connectivity index (χ1n) is 7.39. The highest BCUT2D eigenvalue weighted by Crippen LogP contribution is 2.18. The van der Waals surface area contributed by atoms with Crippen LogP contribution in [0.2, 0.25) is 0 Å². The van der Waals surface area contributed by atoms with Crippen LogP contribution in [0.3, 0.4) is 0 Å². The molecule has 1 atom stereocenters. The van der Waals surface area contributed by atoms with E-state index in [4.69, 9.17) is 15.5 Å². The third kappa shape index (κ3) is 4.98. The van der Waals surface area contributed by atoms with Gasteiger partial charge >= 0.3 is 11.9 Å². The van der Waals surface area contributed by atoms with E-state index in [1.54, 1.807) is 19.9 Å². The number of aliphatic carboxylic acids is 2. The number of carboxylic acids is 2. The maximum absolute atomic E-state index is 12.3. The highest BCUT2D eigenvalue weighted by molar-refractivity contribution is 5.97. The molecule has 0 radical (unpaired) electrons. The van der Waals surface area contributed by atoms with E-state index >= 15 is 0 Å². The molecular formula is C15H21N3O5. The topological polar surface area (TPSA) is 131 Å². The Morgan fingerprint density at radius 3 is 2.22 bits per heavy atom. The van der Waals surface area contributed by atoms with Gasteiger partial charge in [-0.25, -0.2) is 4.79 Å². The molecule has 0 aromatic carbocycles. The summed E-state index contributed by atoms with van der Waals surface area (Å²) in [5.74, 6) is -3.15. The van der Waals surface area contributed by atoms with Crippen LogP contribution in [0.15, 0.2) is 11.8 Å². The second kappa shape index (κ2) is 8.17. The summed E-state index contributed by atoms with van der Waals surface area (Å²) in [6.07, 6.45) is 1.82. The van der Waals surface area contributed by atoms with Crippen LogP contribution in [-0.2, 0) is 14.4 Å². The third-order valence-corrected chi connectivity index (χ3v) is 3.82. The minimum Gasteiger partial charge on any atom is -0.481 e. The minimum atomic E-state index is -1.07. The molecular weight excluding hydrogens is 302 g/mol. The van der Waals surface area contributed by atoms with Crippen LogP contribution in [0.1, 0.15) is 26.7 Å². The molecule has 1 fully saturated rings. The van der Waals surface area contributed by atoms with Crippen molar-refractivity contribution in [2.24, 2.45) is 11.8 Å². The third-order valence-electron chi connectivity index (χ3n) is 3.82. The molecule has 8 heteroatoms. The van der Waals surface area contributed by atoms with Crippen LogP contribution >= 0.6 is 0 Å². The number of likely N-dealkylation sites (tertiary alicyclic amines) is 1. The fourth-order valence-electron chi connectivity index (χ4n) is 2.36. The first kappa shape index (κ1) is 18.5. The number of nitriles is 1. The predicted molar refractivity (Wildman–Crippen MR) is 80.0 cm³/mol. The van der Waals surface area contributed by atoms with Gasteiger partial charge in [0.05, 0.1) is 5.92 Å². The smallest absolute Gasteiger partial charge is 0.326 e. The number of carbonyl (C=O) groups excluding carboxylic acids is 1. The summed E-state index contributed by atoms with van der Waals surface area (Å²) in [5.41, 5.74) is -0.189. The number of piperidine rings is 1. The highest BCUT2D eigenvalue weighted by Gasteiger charge is 2.28. The molecule has 126 valence electrons. The summed E-state index contributed by atoms with van der Waals surface area (Å²) in [5, 5.41) is 29.7. The quantitative estimate of drug-likeness (QED) is 0.477. The van der Waals surface area contributed by atoms with Crippen molar-refractivity contribution in [3.8, 4) is 6.07 Å². The predicted octanol–water partition coefficient (Wildman–Crippen LogP) is 0.416. The molecule has 3 N–H and O–H groups in total. The average molecular weight is 323 g/mol. The Bertz CT molecular complexity index is 542. The van der Waals surface area contributed by atoms with E-state index in [0.29, 0.717) is 12.8 Å². The van der Waals surface area contributed by atoms with Crippen molar-refractivity contribution >= 4 is 17.8 Å². The lowest BCUT2D eigenvalue weighted by Gasteiger charge is -2.30. The highest BCUT2D eigenvalue weighted by atomic mass is 16.4. The summed E-state index contributed by atoms with van der Waals surface area (Å²) < 4.78 is 0. The van der Waals surface area contributed by atoms with Crippen LogP contribution in [0.4, 0.5) is 0 Å². The van der Waals surface area contributed by atoms with Gasteiger partial charge in [-0.2, -0.15) is 5.26 Å². The number of nitrogens with one attached hydrogen (secondary N) is 1. The van der Waals surface area contributed by atoms with Gasteiger partial charge in [0.15, 0.2) is 0 Å². The Morgan fingerprint density at radius 1 is 1.26 bits per heavy atom. The van der Waals surface area contributed by atoms with E-state index in [9.17, 15) is 14.4 Å². The van der Waals surface area contributed by atoms with Gasteiger partial charge in [0.25, 0.3) is 5.91 Å². The van der Waals surface area contributed by atoms with Gasteiger partial charge in [-0.3, -0.25) is 9.59 Å². The Hall–Kier alpha value is -2.56. The SMILES string of the molecule is CC(C)C(N/C=C(/C#N)C(=O)N1CCC(C(=O)O)CC1)C(=O)O. The van der Waals surface area contributed by atoms with Crippen molar-refractivity contribution in [2.75, 3.05) is 13.1 Å². The van der Waals surface area contributed by atoms with Gasteiger partial charge in [-0.1, -0.05) is 13.8 Å². The summed E-state index contributed by atoms with van der Waals surface area (Å²) in [4.78, 5) is 35.7. The molecule has 0 aliphatic carbocycles. The van der Waals surface area contributed by atoms with Crippen molar-refractivity contribution in [2.45, 2.75) is 32.7 Å². The van der Waals surface area contributed by atoms with Crippen molar-refractivity contribution in [1.29, 1.82) is 5.26 Å².